The lowest BCUT2D eigenvalue weighted by Gasteiger charge is -2.38. The number of nitrogens with one attached hydrogen (secondary N) is 1. The predicted octanol–water partition coefficient (Wildman–Crippen LogP) is 2.20. The maximum atomic E-state index is 12.6. The highest BCUT2D eigenvalue weighted by molar-refractivity contribution is 5.78. The Bertz CT molecular complexity index is 1140. The number of likely N-dealkylation sites (tertiary alicyclic amines) is 1. The van der Waals surface area contributed by atoms with E-state index in [4.69, 9.17) is 9.90 Å². The number of alkyl halides is 3. The summed E-state index contributed by atoms with van der Waals surface area (Å²) in [6.07, 6.45) is -1.21. The van der Waals surface area contributed by atoms with E-state index in [1.54, 1.807) is 21.5 Å². The molecule has 0 bridgehead atoms. The minimum Gasteiger partial charge on any atom is -0.475 e. The Balaban J connectivity index is 0.000000360. The molecule has 0 atom stereocenters. The lowest BCUT2D eigenvalue weighted by molar-refractivity contribution is -0.192. The molecular weight excluding hydrogens is 431 g/mol. The molecule has 3 heterocycles. The second-order valence-corrected chi connectivity index (χ2v) is 7.19. The third-order valence-electron chi connectivity index (χ3n) is 5.17. The highest BCUT2D eigenvalue weighted by Gasteiger charge is 2.38. The first-order valence-corrected chi connectivity index (χ1v) is 9.88. The summed E-state index contributed by atoms with van der Waals surface area (Å²) in [4.78, 5) is 43.1. The molecule has 0 saturated carbocycles. The second kappa shape index (κ2) is 9.28. The van der Waals surface area contributed by atoms with E-state index < -0.39 is 12.1 Å². The van der Waals surface area contributed by atoms with Crippen molar-refractivity contribution in [1.29, 1.82) is 0 Å². The van der Waals surface area contributed by atoms with E-state index in [9.17, 15) is 22.8 Å². The number of para-hydroxylation sites is 2. The van der Waals surface area contributed by atoms with Crippen molar-refractivity contribution >= 4 is 22.9 Å². The zero-order valence-electron chi connectivity index (χ0n) is 17.2. The van der Waals surface area contributed by atoms with Crippen LogP contribution in [0, 0.1) is 0 Å². The molecule has 2 N–H and O–H groups in total. The topological polar surface area (TPSA) is 113 Å². The third-order valence-corrected chi connectivity index (χ3v) is 5.17. The molecule has 172 valence electrons. The van der Waals surface area contributed by atoms with Gasteiger partial charge in [0.05, 0.1) is 17.0 Å². The number of benzene rings is 1. The molecule has 0 spiro atoms. The van der Waals surface area contributed by atoms with Gasteiger partial charge in [-0.3, -0.25) is 13.9 Å². The fraction of sp³-hybridized carbons (Fsp3) is 0.400. The third kappa shape index (κ3) is 4.84. The van der Waals surface area contributed by atoms with Crippen molar-refractivity contribution in [2.24, 2.45) is 0 Å². The summed E-state index contributed by atoms with van der Waals surface area (Å²) in [7, 11) is 0. The molecule has 9 nitrogen and oxygen atoms in total. The number of hydrogen-bond acceptors (Lipinski definition) is 4. The van der Waals surface area contributed by atoms with Crippen LogP contribution in [0.15, 0.2) is 41.5 Å². The number of nitrogens with zero attached hydrogens (tertiary/aromatic N) is 4. The van der Waals surface area contributed by atoms with Gasteiger partial charge in [0.1, 0.15) is 5.82 Å². The van der Waals surface area contributed by atoms with Crippen molar-refractivity contribution in [3.8, 4) is 0 Å². The molecule has 1 fully saturated rings. The van der Waals surface area contributed by atoms with Crippen LogP contribution >= 0.6 is 0 Å². The Morgan fingerprint density at radius 3 is 2.28 bits per heavy atom. The minimum absolute atomic E-state index is 0.0476. The number of fused-ring (bicyclic) bond motifs is 1. The minimum atomic E-state index is -5.08. The number of imidazole rings is 2. The summed E-state index contributed by atoms with van der Waals surface area (Å²) in [6, 6.07) is 7.73. The number of amides is 1. The molecule has 32 heavy (non-hydrogen) atoms. The molecule has 4 rings (SSSR count). The smallest absolute Gasteiger partial charge is 0.475 e. The quantitative estimate of drug-likeness (QED) is 0.615. The van der Waals surface area contributed by atoms with Gasteiger partial charge in [-0.25, -0.2) is 14.6 Å². The first-order chi connectivity index (χ1) is 15.1. The van der Waals surface area contributed by atoms with Gasteiger partial charge in [-0.1, -0.05) is 12.1 Å². The van der Waals surface area contributed by atoms with Crippen LogP contribution in [0.1, 0.15) is 25.1 Å². The molecule has 0 aliphatic carbocycles. The van der Waals surface area contributed by atoms with E-state index >= 15 is 0 Å². The average Bonchev–Trinajstić information content (AvgIpc) is 3.31. The number of carbonyl (C=O) groups is 2. The molecule has 3 aromatic rings. The van der Waals surface area contributed by atoms with Crippen molar-refractivity contribution in [2.45, 2.75) is 38.5 Å². The summed E-state index contributed by atoms with van der Waals surface area (Å²) in [5, 5.41) is 7.12. The van der Waals surface area contributed by atoms with Crippen LogP contribution in [0.2, 0.25) is 0 Å². The fourth-order valence-electron chi connectivity index (χ4n) is 3.52. The highest BCUT2D eigenvalue weighted by atomic mass is 19.4. The van der Waals surface area contributed by atoms with Crippen molar-refractivity contribution in [1.82, 2.24) is 24.0 Å². The number of aromatic nitrogens is 4. The zero-order chi connectivity index (χ0) is 23.5. The number of halogens is 3. The number of aromatic amines is 1. The maximum Gasteiger partial charge on any atom is 0.490 e. The van der Waals surface area contributed by atoms with Crippen LogP contribution < -0.4 is 5.69 Å². The van der Waals surface area contributed by atoms with Gasteiger partial charge in [0.2, 0.25) is 5.91 Å². The molecule has 1 aliphatic rings. The van der Waals surface area contributed by atoms with Crippen LogP contribution in [-0.2, 0) is 22.7 Å². The van der Waals surface area contributed by atoms with E-state index in [-0.39, 0.29) is 11.6 Å². The largest absolute Gasteiger partial charge is 0.490 e. The summed E-state index contributed by atoms with van der Waals surface area (Å²) in [5.41, 5.74) is 1.76. The summed E-state index contributed by atoms with van der Waals surface area (Å²) in [5.74, 6) is -1.44. The summed E-state index contributed by atoms with van der Waals surface area (Å²) >= 11 is 0. The summed E-state index contributed by atoms with van der Waals surface area (Å²) in [6.45, 7) is 4.37. The van der Waals surface area contributed by atoms with Crippen molar-refractivity contribution in [3.05, 3.63) is 53.0 Å². The van der Waals surface area contributed by atoms with Crippen LogP contribution in [0.25, 0.3) is 11.0 Å². The van der Waals surface area contributed by atoms with Gasteiger partial charge in [-0.2, -0.15) is 13.2 Å². The molecule has 1 saturated heterocycles. The SMILES string of the molecule is CCn1c(=O)n(CCC(=O)N2CC(c3ncc[nH]3)C2)c2ccccc21.O=C(O)C(F)(F)F. The molecule has 0 radical (unpaired) electrons. The van der Waals surface area contributed by atoms with Crippen LogP contribution in [-0.4, -0.2) is 60.3 Å². The molecule has 2 aromatic heterocycles. The number of carbonyl (C=O) groups excluding carboxylic acids is 1. The molecule has 1 aliphatic heterocycles. The van der Waals surface area contributed by atoms with E-state index in [1.165, 1.54) is 0 Å². The van der Waals surface area contributed by atoms with Crippen molar-refractivity contribution in [2.75, 3.05) is 13.1 Å². The fourth-order valence-corrected chi connectivity index (χ4v) is 3.52. The summed E-state index contributed by atoms with van der Waals surface area (Å²) < 4.78 is 35.2. The van der Waals surface area contributed by atoms with E-state index in [1.807, 2.05) is 36.1 Å². The number of carboxylic acid groups (broad SMARTS) is 1. The first kappa shape index (κ1) is 23.1. The predicted molar refractivity (Wildman–Crippen MR) is 108 cm³/mol. The second-order valence-electron chi connectivity index (χ2n) is 7.19. The van der Waals surface area contributed by atoms with Crippen LogP contribution in [0.3, 0.4) is 0 Å². The molecule has 1 amide bonds. The molecule has 12 heteroatoms. The average molecular weight is 453 g/mol. The van der Waals surface area contributed by atoms with Gasteiger partial charge < -0.3 is 15.0 Å². The van der Waals surface area contributed by atoms with Gasteiger partial charge in [0.25, 0.3) is 0 Å². The highest BCUT2D eigenvalue weighted by Crippen LogP contribution is 2.25. The molecule has 0 unspecified atom stereocenters. The van der Waals surface area contributed by atoms with E-state index in [2.05, 4.69) is 9.97 Å². The van der Waals surface area contributed by atoms with Crippen LogP contribution in [0.5, 0.6) is 0 Å². The maximum absolute atomic E-state index is 12.6. The van der Waals surface area contributed by atoms with Crippen LogP contribution in [0.4, 0.5) is 13.2 Å². The lowest BCUT2D eigenvalue weighted by Crippen LogP contribution is -2.49. The Hall–Kier alpha value is -3.57. The number of carboxylic acids is 1. The number of rotatable bonds is 5. The van der Waals surface area contributed by atoms with Gasteiger partial charge >= 0.3 is 17.8 Å². The number of hydrogen-bond donors (Lipinski definition) is 2. The Kier molecular flexibility index (Phi) is 6.70. The Morgan fingerprint density at radius 2 is 1.78 bits per heavy atom. The standard InChI is InChI=1S/C18H21N5O2.C2HF3O2/c1-2-22-14-5-3-4-6-15(14)23(18(22)25)10-7-16(24)21-11-13(12-21)17-19-8-9-20-17;3-2(4,5)1(6)7/h3-6,8-9,13H,2,7,10-12H2,1H3,(H,19,20);(H,6,7). The Labute approximate surface area is 180 Å². The monoisotopic (exact) mass is 453 g/mol. The first-order valence-electron chi connectivity index (χ1n) is 9.88. The zero-order valence-corrected chi connectivity index (χ0v) is 17.2. The van der Waals surface area contributed by atoms with Gasteiger partial charge in [0.15, 0.2) is 0 Å². The van der Waals surface area contributed by atoms with Crippen molar-refractivity contribution in [3.63, 3.8) is 0 Å². The number of aliphatic carboxylic acids is 1. The van der Waals surface area contributed by atoms with E-state index in [0.29, 0.717) is 38.5 Å². The van der Waals surface area contributed by atoms with E-state index in [0.717, 1.165) is 16.9 Å². The van der Waals surface area contributed by atoms with Crippen molar-refractivity contribution < 1.29 is 27.9 Å². The normalized spacial score (nSPS) is 14.1. The van der Waals surface area contributed by atoms with Gasteiger partial charge in [-0.05, 0) is 19.1 Å². The number of aryl methyl sites for hydroxylation is 2. The van der Waals surface area contributed by atoms with Gasteiger partial charge in [-0.15, -0.1) is 0 Å². The molecular formula is C20H22F3N5O4. The van der Waals surface area contributed by atoms with Gasteiger partial charge in [0, 0.05) is 45.0 Å². The lowest BCUT2D eigenvalue weighted by atomic mass is 9.99. The Morgan fingerprint density at radius 1 is 1.19 bits per heavy atom. The molecule has 1 aromatic carbocycles. The number of H-pyrrole nitrogens is 1.